The van der Waals surface area contributed by atoms with Crippen LogP contribution < -0.4 is 5.73 Å². The van der Waals surface area contributed by atoms with Crippen LogP contribution in [0.25, 0.3) is 0 Å². The van der Waals surface area contributed by atoms with Crippen LogP contribution in [0.4, 0.5) is 5.69 Å². The molecule has 0 atom stereocenters. The highest BCUT2D eigenvalue weighted by Crippen LogP contribution is 2.25. The lowest BCUT2D eigenvalue weighted by Gasteiger charge is -2.31. The minimum atomic E-state index is 0.0917. The zero-order valence-corrected chi connectivity index (χ0v) is 14.5. The lowest BCUT2D eigenvalue weighted by molar-refractivity contribution is 0.261. The molecule has 0 spiro atoms. The van der Waals surface area contributed by atoms with E-state index in [4.69, 9.17) is 5.73 Å². The fraction of sp³-hybridized carbons (Fsp3) is 0.333. The molecule has 112 valence electrons. The first-order valence-corrected chi connectivity index (χ1v) is 7.95. The molecule has 0 saturated carbocycles. The van der Waals surface area contributed by atoms with Crippen LogP contribution in [-0.4, -0.2) is 18.5 Å². The average molecular weight is 347 g/mol. The zero-order chi connectivity index (χ0) is 15.5. The molecule has 0 bridgehead atoms. The van der Waals surface area contributed by atoms with Gasteiger partial charge in [-0.2, -0.15) is 0 Å². The standard InChI is InChI=1S/C18H23BrN2/c1-18(2,15-7-9-17(20)10-8-15)13-21(3)12-14-5-4-6-16(19)11-14/h4-11H,12-13,20H2,1-3H3. The Bertz CT molecular complexity index is 590. The molecule has 0 fully saturated rings. The number of hydrogen-bond acceptors (Lipinski definition) is 2. The Morgan fingerprint density at radius 2 is 1.76 bits per heavy atom. The summed E-state index contributed by atoms with van der Waals surface area (Å²) in [5.74, 6) is 0. The molecule has 0 radical (unpaired) electrons. The molecule has 2 rings (SSSR count). The van der Waals surface area contributed by atoms with E-state index in [1.54, 1.807) is 0 Å². The molecule has 2 aromatic rings. The van der Waals surface area contributed by atoms with Crippen molar-refractivity contribution in [1.29, 1.82) is 0 Å². The Morgan fingerprint density at radius 1 is 1.10 bits per heavy atom. The lowest BCUT2D eigenvalue weighted by atomic mass is 9.84. The van der Waals surface area contributed by atoms with Crippen LogP contribution in [0.2, 0.25) is 0 Å². The van der Waals surface area contributed by atoms with Crippen LogP contribution in [0.3, 0.4) is 0 Å². The number of nitrogens with zero attached hydrogens (tertiary/aromatic N) is 1. The number of hydrogen-bond donors (Lipinski definition) is 1. The summed E-state index contributed by atoms with van der Waals surface area (Å²) in [6.45, 7) is 6.48. The van der Waals surface area contributed by atoms with E-state index in [1.165, 1.54) is 11.1 Å². The van der Waals surface area contributed by atoms with Crippen LogP contribution in [0.5, 0.6) is 0 Å². The molecule has 3 heteroatoms. The molecule has 0 unspecified atom stereocenters. The van der Waals surface area contributed by atoms with E-state index in [-0.39, 0.29) is 5.41 Å². The topological polar surface area (TPSA) is 29.3 Å². The zero-order valence-electron chi connectivity index (χ0n) is 12.9. The van der Waals surface area contributed by atoms with Gasteiger partial charge in [0.05, 0.1) is 0 Å². The molecule has 0 aromatic heterocycles. The highest BCUT2D eigenvalue weighted by molar-refractivity contribution is 9.10. The van der Waals surface area contributed by atoms with Crippen LogP contribution in [-0.2, 0) is 12.0 Å². The molecule has 0 amide bonds. The second-order valence-corrected chi connectivity index (χ2v) is 7.22. The van der Waals surface area contributed by atoms with E-state index < -0.39 is 0 Å². The van der Waals surface area contributed by atoms with Crippen LogP contribution in [0.15, 0.2) is 53.0 Å². The van der Waals surface area contributed by atoms with Gasteiger partial charge in [-0.3, -0.25) is 0 Å². The number of rotatable bonds is 5. The van der Waals surface area contributed by atoms with Gasteiger partial charge in [0.1, 0.15) is 0 Å². The predicted octanol–water partition coefficient (Wildman–Crippen LogP) is 4.44. The monoisotopic (exact) mass is 346 g/mol. The number of benzene rings is 2. The summed E-state index contributed by atoms with van der Waals surface area (Å²) in [7, 11) is 2.17. The predicted molar refractivity (Wildman–Crippen MR) is 94.4 cm³/mol. The molecule has 21 heavy (non-hydrogen) atoms. The van der Waals surface area contributed by atoms with Crippen LogP contribution in [0, 0.1) is 0 Å². The third-order valence-electron chi connectivity index (χ3n) is 3.70. The second-order valence-electron chi connectivity index (χ2n) is 6.31. The van der Waals surface area contributed by atoms with Crippen LogP contribution in [0.1, 0.15) is 25.0 Å². The second kappa shape index (κ2) is 6.63. The summed E-state index contributed by atoms with van der Waals surface area (Å²) in [6, 6.07) is 16.7. The summed E-state index contributed by atoms with van der Waals surface area (Å²) in [4.78, 5) is 2.36. The van der Waals surface area contributed by atoms with Gasteiger partial charge in [-0.1, -0.05) is 54.0 Å². The van der Waals surface area contributed by atoms with Crippen molar-refractivity contribution in [3.63, 3.8) is 0 Å². The number of likely N-dealkylation sites (N-methyl/N-ethyl adjacent to an activating group) is 1. The van der Waals surface area contributed by atoms with Gasteiger partial charge in [-0.25, -0.2) is 0 Å². The van der Waals surface area contributed by atoms with E-state index in [0.717, 1.165) is 23.2 Å². The number of nitrogens with two attached hydrogens (primary N) is 1. The van der Waals surface area contributed by atoms with Crippen molar-refractivity contribution in [3.8, 4) is 0 Å². The van der Waals surface area contributed by atoms with Gasteiger partial charge < -0.3 is 10.6 Å². The molecule has 2 aromatic carbocycles. The van der Waals surface area contributed by atoms with Crippen molar-refractivity contribution in [3.05, 3.63) is 64.1 Å². The molecule has 2 nitrogen and oxygen atoms in total. The third-order valence-corrected chi connectivity index (χ3v) is 4.19. The Labute approximate surface area is 136 Å². The minimum Gasteiger partial charge on any atom is -0.399 e. The van der Waals surface area contributed by atoms with Crippen LogP contribution >= 0.6 is 15.9 Å². The first-order valence-electron chi connectivity index (χ1n) is 7.16. The van der Waals surface area contributed by atoms with Gasteiger partial charge in [0.2, 0.25) is 0 Å². The number of anilines is 1. The maximum Gasteiger partial charge on any atom is 0.0314 e. The summed E-state index contributed by atoms with van der Waals surface area (Å²) in [5, 5.41) is 0. The Hall–Kier alpha value is -1.32. The van der Waals surface area contributed by atoms with E-state index >= 15 is 0 Å². The number of nitrogen functional groups attached to an aromatic ring is 1. The first-order chi connectivity index (χ1) is 9.87. The maximum absolute atomic E-state index is 5.77. The SMILES string of the molecule is CN(Cc1cccc(Br)c1)CC(C)(C)c1ccc(N)cc1. The largest absolute Gasteiger partial charge is 0.399 e. The van der Waals surface area contributed by atoms with Crippen molar-refractivity contribution < 1.29 is 0 Å². The van der Waals surface area contributed by atoms with E-state index in [1.807, 2.05) is 12.1 Å². The molecule has 0 aliphatic heterocycles. The average Bonchev–Trinajstić information content (AvgIpc) is 2.38. The van der Waals surface area contributed by atoms with Crippen molar-refractivity contribution >= 4 is 21.6 Å². The summed E-state index contributed by atoms with van der Waals surface area (Å²) >= 11 is 3.53. The quantitative estimate of drug-likeness (QED) is 0.810. The third kappa shape index (κ3) is 4.58. The molecule has 0 saturated heterocycles. The van der Waals surface area contributed by atoms with Crippen molar-refractivity contribution in [2.75, 3.05) is 19.3 Å². The maximum atomic E-state index is 5.77. The fourth-order valence-corrected chi connectivity index (χ4v) is 3.15. The molecular weight excluding hydrogens is 324 g/mol. The Morgan fingerprint density at radius 3 is 2.38 bits per heavy atom. The molecule has 0 aliphatic rings. The Balaban J connectivity index is 2.03. The normalized spacial score (nSPS) is 11.9. The molecule has 0 heterocycles. The molecular formula is C18H23BrN2. The lowest BCUT2D eigenvalue weighted by Crippen LogP contribution is -2.34. The van der Waals surface area contributed by atoms with Gasteiger partial charge >= 0.3 is 0 Å². The van der Waals surface area contributed by atoms with E-state index in [0.29, 0.717) is 0 Å². The Kier molecular flexibility index (Phi) is 5.07. The fourth-order valence-electron chi connectivity index (χ4n) is 2.70. The number of halogens is 1. The van der Waals surface area contributed by atoms with Gasteiger partial charge in [0.25, 0.3) is 0 Å². The van der Waals surface area contributed by atoms with Gasteiger partial charge in [-0.05, 0) is 42.4 Å². The van der Waals surface area contributed by atoms with E-state index in [9.17, 15) is 0 Å². The molecule has 0 aliphatic carbocycles. The molecule has 2 N–H and O–H groups in total. The first kappa shape index (κ1) is 16.1. The highest BCUT2D eigenvalue weighted by atomic mass is 79.9. The van der Waals surface area contributed by atoms with Crippen molar-refractivity contribution in [2.24, 2.45) is 0 Å². The summed E-state index contributed by atoms with van der Waals surface area (Å²) in [6.07, 6.45) is 0. The minimum absolute atomic E-state index is 0.0917. The van der Waals surface area contributed by atoms with Crippen molar-refractivity contribution in [1.82, 2.24) is 4.90 Å². The smallest absolute Gasteiger partial charge is 0.0314 e. The van der Waals surface area contributed by atoms with Gasteiger partial charge in [-0.15, -0.1) is 0 Å². The van der Waals surface area contributed by atoms with Crippen molar-refractivity contribution in [2.45, 2.75) is 25.8 Å². The highest BCUT2D eigenvalue weighted by Gasteiger charge is 2.22. The van der Waals surface area contributed by atoms with Gasteiger partial charge in [0.15, 0.2) is 0 Å². The van der Waals surface area contributed by atoms with Gasteiger partial charge in [0, 0.05) is 28.7 Å². The summed E-state index contributed by atoms with van der Waals surface area (Å²) in [5.41, 5.74) is 9.32. The van der Waals surface area contributed by atoms with E-state index in [2.05, 4.69) is 78.1 Å². The summed E-state index contributed by atoms with van der Waals surface area (Å²) < 4.78 is 1.13.